The van der Waals surface area contributed by atoms with Crippen LogP contribution in [0.1, 0.15) is 22.8 Å². The third-order valence-electron chi connectivity index (χ3n) is 3.56. The second-order valence-electron chi connectivity index (χ2n) is 5.30. The molecule has 0 aromatic carbocycles. The molecule has 0 atom stereocenters. The van der Waals surface area contributed by atoms with Gasteiger partial charge in [0.25, 0.3) is 0 Å². The molecule has 3 rings (SSSR count). The van der Waals surface area contributed by atoms with Crippen LogP contribution in [-0.4, -0.2) is 38.6 Å². The summed E-state index contributed by atoms with van der Waals surface area (Å²) in [5, 5.41) is 9.86. The zero-order chi connectivity index (χ0) is 18.0. The van der Waals surface area contributed by atoms with Gasteiger partial charge in [0, 0.05) is 13.1 Å². The number of pyridine rings is 1. The first-order valence-corrected chi connectivity index (χ1v) is 7.41. The Hall–Kier alpha value is -3.49. The molecule has 0 aliphatic heterocycles. The van der Waals surface area contributed by atoms with Crippen molar-refractivity contribution < 1.29 is 14.3 Å². The van der Waals surface area contributed by atoms with E-state index < -0.39 is 5.97 Å². The third-order valence-corrected chi connectivity index (χ3v) is 3.56. The van der Waals surface area contributed by atoms with Gasteiger partial charge >= 0.3 is 5.97 Å². The van der Waals surface area contributed by atoms with Crippen LogP contribution in [0.3, 0.4) is 0 Å². The highest BCUT2D eigenvalue weighted by molar-refractivity contribution is 5.95. The Bertz CT molecular complexity index is 948. The number of carbonyl (C=O) groups excluding carboxylic acids is 2. The highest BCUT2D eigenvalue weighted by Crippen LogP contribution is 2.25. The predicted octanol–water partition coefficient (Wildman–Crippen LogP) is 1.92. The maximum atomic E-state index is 11.9. The fourth-order valence-corrected chi connectivity index (χ4v) is 2.43. The summed E-state index contributed by atoms with van der Waals surface area (Å²) in [5.74, 6) is 0.356. The molecular weight excluding hydrogens is 324 g/mol. The van der Waals surface area contributed by atoms with Crippen molar-refractivity contribution >= 4 is 34.7 Å². The molecule has 128 valence electrons. The average Bonchev–Trinajstić information content (AvgIpc) is 2.93. The molecule has 3 heterocycles. The molecule has 0 fully saturated rings. The number of aryl methyl sites for hydroxylation is 1. The largest absolute Gasteiger partial charge is 0.465 e. The van der Waals surface area contributed by atoms with Gasteiger partial charge in [-0.2, -0.15) is 5.10 Å². The van der Waals surface area contributed by atoms with Crippen LogP contribution < -0.4 is 10.6 Å². The van der Waals surface area contributed by atoms with Crippen molar-refractivity contribution in [3.8, 4) is 0 Å². The van der Waals surface area contributed by atoms with Crippen molar-refractivity contribution in [3.05, 3.63) is 42.0 Å². The molecule has 3 aromatic rings. The molecule has 3 aromatic heterocycles. The zero-order valence-electron chi connectivity index (χ0n) is 13.9. The Balaban J connectivity index is 1.95. The number of methoxy groups -OCH3 is 1. The van der Waals surface area contributed by atoms with Crippen LogP contribution in [0.4, 0.5) is 17.3 Å². The molecule has 0 saturated heterocycles. The maximum absolute atomic E-state index is 11.9. The summed E-state index contributed by atoms with van der Waals surface area (Å²) in [6.45, 7) is 3.22. The summed E-state index contributed by atoms with van der Waals surface area (Å²) in [6, 6.07) is 3.43. The molecule has 0 bridgehead atoms. The van der Waals surface area contributed by atoms with Crippen molar-refractivity contribution in [2.24, 2.45) is 0 Å². The van der Waals surface area contributed by atoms with E-state index in [2.05, 4.69) is 25.7 Å². The molecule has 1 amide bonds. The van der Waals surface area contributed by atoms with Crippen molar-refractivity contribution in [1.29, 1.82) is 0 Å². The number of esters is 1. The molecule has 0 saturated carbocycles. The van der Waals surface area contributed by atoms with Crippen LogP contribution in [0, 0.1) is 6.92 Å². The van der Waals surface area contributed by atoms with E-state index >= 15 is 0 Å². The van der Waals surface area contributed by atoms with Gasteiger partial charge in [0.1, 0.15) is 17.7 Å². The van der Waals surface area contributed by atoms with E-state index in [1.807, 2.05) is 0 Å². The number of nitrogens with one attached hydrogen (secondary N) is 2. The molecular formula is C16H16N6O3. The van der Waals surface area contributed by atoms with Crippen molar-refractivity contribution in [3.63, 3.8) is 0 Å². The van der Waals surface area contributed by atoms with Gasteiger partial charge in [0.05, 0.1) is 24.6 Å². The fraction of sp³-hybridized carbons (Fsp3) is 0.188. The van der Waals surface area contributed by atoms with E-state index in [0.29, 0.717) is 34.0 Å². The van der Waals surface area contributed by atoms with E-state index in [1.165, 1.54) is 20.4 Å². The number of nitrogens with zero attached hydrogens (tertiary/aromatic N) is 4. The predicted molar refractivity (Wildman–Crippen MR) is 90.9 cm³/mol. The van der Waals surface area contributed by atoms with Gasteiger partial charge < -0.3 is 15.4 Å². The van der Waals surface area contributed by atoms with Crippen molar-refractivity contribution in [2.75, 3.05) is 17.7 Å². The first-order chi connectivity index (χ1) is 12.0. The first kappa shape index (κ1) is 16.4. The Morgan fingerprint density at radius 2 is 2.04 bits per heavy atom. The molecule has 2 N–H and O–H groups in total. The van der Waals surface area contributed by atoms with E-state index in [9.17, 15) is 9.59 Å². The Kier molecular flexibility index (Phi) is 4.29. The van der Waals surface area contributed by atoms with E-state index in [1.54, 1.807) is 36.0 Å². The van der Waals surface area contributed by atoms with Crippen LogP contribution in [-0.2, 0) is 9.53 Å². The summed E-state index contributed by atoms with van der Waals surface area (Å²) >= 11 is 0. The molecule has 0 spiro atoms. The first-order valence-electron chi connectivity index (χ1n) is 7.41. The number of aromatic nitrogens is 4. The van der Waals surface area contributed by atoms with Gasteiger partial charge in [0.15, 0.2) is 5.82 Å². The Labute approximate surface area is 143 Å². The highest BCUT2D eigenvalue weighted by atomic mass is 16.5. The summed E-state index contributed by atoms with van der Waals surface area (Å²) < 4.78 is 6.35. The van der Waals surface area contributed by atoms with E-state index in [4.69, 9.17) is 4.74 Å². The zero-order valence-corrected chi connectivity index (χ0v) is 13.9. The lowest BCUT2D eigenvalue weighted by Crippen LogP contribution is -2.07. The van der Waals surface area contributed by atoms with Gasteiger partial charge in [-0.05, 0) is 24.6 Å². The van der Waals surface area contributed by atoms with Crippen LogP contribution in [0.5, 0.6) is 0 Å². The molecule has 9 heteroatoms. The number of fused-ring (bicyclic) bond motifs is 1. The molecule has 0 aliphatic carbocycles. The molecule has 0 aliphatic rings. The lowest BCUT2D eigenvalue weighted by atomic mass is 10.2. The van der Waals surface area contributed by atoms with Crippen molar-refractivity contribution in [1.82, 2.24) is 19.6 Å². The molecule has 0 unspecified atom stereocenters. The van der Waals surface area contributed by atoms with Crippen LogP contribution >= 0.6 is 0 Å². The summed E-state index contributed by atoms with van der Waals surface area (Å²) in [4.78, 5) is 31.3. The monoisotopic (exact) mass is 340 g/mol. The average molecular weight is 340 g/mol. The Morgan fingerprint density at radius 1 is 1.24 bits per heavy atom. The van der Waals surface area contributed by atoms with Gasteiger partial charge in [0.2, 0.25) is 5.91 Å². The van der Waals surface area contributed by atoms with Gasteiger partial charge in [-0.3, -0.25) is 4.79 Å². The standard InChI is InChI=1S/C16H16N6O3/c1-9-12(16(24)25-3)7-22-14(9)15(18-8-19-22)21-11-4-5-13(17-6-11)20-10(2)23/h4-8H,1-3H3,(H,17,20,23)(H,18,19,21). The number of anilines is 3. The molecule has 9 nitrogen and oxygen atoms in total. The normalized spacial score (nSPS) is 10.5. The third kappa shape index (κ3) is 3.25. The second kappa shape index (κ2) is 6.56. The summed E-state index contributed by atoms with van der Waals surface area (Å²) in [6.07, 6.45) is 4.56. The minimum Gasteiger partial charge on any atom is -0.465 e. The Morgan fingerprint density at radius 3 is 2.68 bits per heavy atom. The van der Waals surface area contributed by atoms with E-state index in [0.717, 1.165) is 0 Å². The second-order valence-corrected chi connectivity index (χ2v) is 5.30. The lowest BCUT2D eigenvalue weighted by Gasteiger charge is -2.08. The number of amides is 1. The smallest absolute Gasteiger partial charge is 0.339 e. The number of hydrogen-bond donors (Lipinski definition) is 2. The number of rotatable bonds is 4. The molecule has 0 radical (unpaired) electrons. The van der Waals surface area contributed by atoms with Gasteiger partial charge in [-0.15, -0.1) is 0 Å². The summed E-state index contributed by atoms with van der Waals surface area (Å²) in [7, 11) is 1.33. The SMILES string of the molecule is COC(=O)c1cn2ncnc(Nc3ccc(NC(C)=O)nc3)c2c1C. The van der Waals surface area contributed by atoms with Gasteiger partial charge in [-0.1, -0.05) is 0 Å². The number of hydrogen-bond acceptors (Lipinski definition) is 7. The number of carbonyl (C=O) groups is 2. The van der Waals surface area contributed by atoms with Crippen LogP contribution in [0.25, 0.3) is 5.52 Å². The van der Waals surface area contributed by atoms with Crippen LogP contribution in [0.2, 0.25) is 0 Å². The minimum atomic E-state index is -0.435. The number of ether oxygens (including phenoxy) is 1. The summed E-state index contributed by atoms with van der Waals surface area (Å²) in [5.41, 5.74) is 2.46. The minimum absolute atomic E-state index is 0.190. The van der Waals surface area contributed by atoms with E-state index in [-0.39, 0.29) is 5.91 Å². The van der Waals surface area contributed by atoms with Crippen LogP contribution in [0.15, 0.2) is 30.9 Å². The van der Waals surface area contributed by atoms with Crippen molar-refractivity contribution in [2.45, 2.75) is 13.8 Å². The highest BCUT2D eigenvalue weighted by Gasteiger charge is 2.18. The fourth-order valence-electron chi connectivity index (χ4n) is 2.43. The lowest BCUT2D eigenvalue weighted by molar-refractivity contribution is -0.114. The van der Waals surface area contributed by atoms with Gasteiger partial charge in [-0.25, -0.2) is 19.3 Å². The maximum Gasteiger partial charge on any atom is 0.339 e. The topological polar surface area (TPSA) is 111 Å². The quantitative estimate of drug-likeness (QED) is 0.698. The molecule has 25 heavy (non-hydrogen) atoms.